The first-order valence-corrected chi connectivity index (χ1v) is 10.5. The normalized spacial score (nSPS) is 10.7. The molecule has 2 rings (SSSR count). The summed E-state index contributed by atoms with van der Waals surface area (Å²) in [6.45, 7) is 5.85. The average Bonchev–Trinajstić information content (AvgIpc) is 2.70. The topological polar surface area (TPSA) is 31.4 Å². The molecule has 0 saturated carbocycles. The number of hydrogen-bond acceptors (Lipinski definition) is 3. The maximum atomic E-state index is 5.75. The zero-order valence-electron chi connectivity index (χ0n) is 17.1. The predicted octanol–water partition coefficient (Wildman–Crippen LogP) is 6.53. The molecule has 0 amide bonds. The van der Waals surface area contributed by atoms with Gasteiger partial charge in [0.25, 0.3) is 0 Å². The Morgan fingerprint density at radius 3 is 2.11 bits per heavy atom. The lowest BCUT2D eigenvalue weighted by atomic mass is 10.1. The summed E-state index contributed by atoms with van der Waals surface area (Å²) >= 11 is 0. The van der Waals surface area contributed by atoms with Crippen molar-refractivity contribution in [1.82, 2.24) is 4.98 Å². The number of hydrogen-bond donors (Lipinski definition) is 0. The minimum Gasteiger partial charge on any atom is -0.494 e. The van der Waals surface area contributed by atoms with Crippen LogP contribution in [0.5, 0.6) is 11.6 Å². The van der Waals surface area contributed by atoms with Gasteiger partial charge in [0.15, 0.2) is 0 Å². The molecule has 0 aliphatic heterocycles. The van der Waals surface area contributed by atoms with Crippen molar-refractivity contribution in [3.8, 4) is 11.6 Å². The van der Waals surface area contributed by atoms with Gasteiger partial charge in [-0.3, -0.25) is 0 Å². The molecule has 3 nitrogen and oxygen atoms in total. The molecule has 0 unspecified atom stereocenters. The minimum absolute atomic E-state index is 0.738. The van der Waals surface area contributed by atoms with Gasteiger partial charge >= 0.3 is 0 Å². The van der Waals surface area contributed by atoms with Crippen molar-refractivity contribution in [2.24, 2.45) is 0 Å². The minimum atomic E-state index is 0.738. The largest absolute Gasteiger partial charge is 0.494 e. The number of nitrogens with zero attached hydrogens (tertiary/aromatic N) is 1. The molecule has 27 heavy (non-hydrogen) atoms. The van der Waals surface area contributed by atoms with Crippen LogP contribution < -0.4 is 9.47 Å². The van der Waals surface area contributed by atoms with E-state index in [0.29, 0.717) is 0 Å². The van der Waals surface area contributed by atoms with E-state index in [1.807, 2.05) is 24.4 Å². The third kappa shape index (κ3) is 9.46. The molecule has 0 fully saturated rings. The van der Waals surface area contributed by atoms with E-state index in [4.69, 9.17) is 9.47 Å². The molecule has 3 heteroatoms. The number of rotatable bonds is 14. The molecule has 1 aromatic carbocycles. The molecule has 0 saturated heterocycles. The molecule has 0 spiro atoms. The quantitative estimate of drug-likeness (QED) is 0.355. The molecule has 0 atom stereocenters. The molecular weight excluding hydrogens is 334 g/mol. The first-order valence-electron chi connectivity index (χ1n) is 10.5. The highest BCUT2D eigenvalue weighted by atomic mass is 16.5. The second kappa shape index (κ2) is 13.2. The van der Waals surface area contributed by atoms with Crippen molar-refractivity contribution in [3.05, 3.63) is 53.7 Å². The van der Waals surface area contributed by atoms with E-state index in [1.165, 1.54) is 43.2 Å². The Morgan fingerprint density at radius 1 is 0.741 bits per heavy atom. The SMILES string of the molecule is CCCCCCc1ccc(OCCCCCCOc2ccc(C)cc2)nc1. The molecule has 0 N–H and O–H groups in total. The second-order valence-corrected chi connectivity index (χ2v) is 7.24. The van der Waals surface area contributed by atoms with Gasteiger partial charge < -0.3 is 9.47 Å². The summed E-state index contributed by atoms with van der Waals surface area (Å²) in [7, 11) is 0. The lowest BCUT2D eigenvalue weighted by molar-refractivity contribution is 0.281. The van der Waals surface area contributed by atoms with Gasteiger partial charge in [0.05, 0.1) is 13.2 Å². The van der Waals surface area contributed by atoms with Crippen LogP contribution in [0.15, 0.2) is 42.6 Å². The molecule has 0 aliphatic carbocycles. The maximum Gasteiger partial charge on any atom is 0.213 e. The molecular formula is C24H35NO2. The van der Waals surface area contributed by atoms with E-state index in [-0.39, 0.29) is 0 Å². The Bertz CT molecular complexity index is 607. The average molecular weight is 370 g/mol. The van der Waals surface area contributed by atoms with E-state index >= 15 is 0 Å². The van der Waals surface area contributed by atoms with Gasteiger partial charge in [-0.25, -0.2) is 4.98 Å². The van der Waals surface area contributed by atoms with Crippen molar-refractivity contribution in [2.45, 2.75) is 71.6 Å². The molecule has 0 aliphatic rings. The highest BCUT2D eigenvalue weighted by Crippen LogP contribution is 2.13. The summed E-state index contributed by atoms with van der Waals surface area (Å²) < 4.78 is 11.5. The number of pyridine rings is 1. The Hall–Kier alpha value is -2.03. The van der Waals surface area contributed by atoms with E-state index in [1.54, 1.807) is 0 Å². The van der Waals surface area contributed by atoms with Crippen LogP contribution in [0.25, 0.3) is 0 Å². The van der Waals surface area contributed by atoms with Crippen molar-refractivity contribution in [3.63, 3.8) is 0 Å². The van der Waals surface area contributed by atoms with Crippen molar-refractivity contribution < 1.29 is 9.47 Å². The second-order valence-electron chi connectivity index (χ2n) is 7.24. The Kier molecular flexibility index (Phi) is 10.4. The summed E-state index contributed by atoms with van der Waals surface area (Å²) in [5.41, 5.74) is 2.57. The first kappa shape index (κ1) is 21.3. The van der Waals surface area contributed by atoms with E-state index in [2.05, 4.69) is 37.0 Å². The van der Waals surface area contributed by atoms with Gasteiger partial charge in [0, 0.05) is 12.3 Å². The summed E-state index contributed by atoms with van der Waals surface area (Å²) in [6, 6.07) is 12.4. The van der Waals surface area contributed by atoms with Gasteiger partial charge in [-0.2, -0.15) is 0 Å². The highest BCUT2D eigenvalue weighted by Gasteiger charge is 1.99. The highest BCUT2D eigenvalue weighted by molar-refractivity contribution is 5.26. The van der Waals surface area contributed by atoms with Gasteiger partial charge in [-0.1, -0.05) is 49.9 Å². The number of ether oxygens (including phenoxy) is 2. The van der Waals surface area contributed by atoms with Crippen molar-refractivity contribution in [2.75, 3.05) is 13.2 Å². The van der Waals surface area contributed by atoms with Gasteiger partial charge in [0.1, 0.15) is 5.75 Å². The maximum absolute atomic E-state index is 5.75. The fraction of sp³-hybridized carbons (Fsp3) is 0.542. The molecule has 1 heterocycles. The van der Waals surface area contributed by atoms with Crippen LogP contribution in [0.4, 0.5) is 0 Å². The van der Waals surface area contributed by atoms with Crippen molar-refractivity contribution in [1.29, 1.82) is 0 Å². The molecule has 0 bridgehead atoms. The van der Waals surface area contributed by atoms with E-state index in [9.17, 15) is 0 Å². The van der Waals surface area contributed by atoms with Crippen LogP contribution in [0, 0.1) is 6.92 Å². The summed E-state index contributed by atoms with van der Waals surface area (Å²) in [6.07, 6.45) is 12.7. The number of aromatic nitrogens is 1. The van der Waals surface area contributed by atoms with Crippen molar-refractivity contribution >= 4 is 0 Å². The third-order valence-corrected chi connectivity index (χ3v) is 4.69. The van der Waals surface area contributed by atoms with Crippen LogP contribution in [0.2, 0.25) is 0 Å². The number of benzene rings is 1. The lowest BCUT2D eigenvalue weighted by Crippen LogP contribution is -2.01. The zero-order chi connectivity index (χ0) is 19.2. The lowest BCUT2D eigenvalue weighted by Gasteiger charge is -2.07. The molecule has 0 radical (unpaired) electrons. The monoisotopic (exact) mass is 369 g/mol. The fourth-order valence-electron chi connectivity index (χ4n) is 2.96. The fourth-order valence-corrected chi connectivity index (χ4v) is 2.96. The van der Waals surface area contributed by atoms with Gasteiger partial charge in [-0.05, 0) is 63.1 Å². The molecule has 2 aromatic rings. The smallest absolute Gasteiger partial charge is 0.213 e. The van der Waals surface area contributed by atoms with Crippen LogP contribution >= 0.6 is 0 Å². The standard InChI is InChI=1S/C24H35NO2/c1-3-4-5-8-11-22-14-17-24(25-20-22)27-19-10-7-6-9-18-26-23-15-12-21(2)13-16-23/h12-17,20H,3-11,18-19H2,1-2H3. The Balaban J connectivity index is 1.47. The zero-order valence-corrected chi connectivity index (χ0v) is 17.1. The van der Waals surface area contributed by atoms with Crippen LogP contribution in [0.1, 0.15) is 69.4 Å². The predicted molar refractivity (Wildman–Crippen MR) is 113 cm³/mol. The first-order chi connectivity index (χ1) is 13.3. The van der Waals surface area contributed by atoms with Gasteiger partial charge in [-0.15, -0.1) is 0 Å². The summed E-state index contributed by atoms with van der Waals surface area (Å²) in [4.78, 5) is 4.42. The van der Waals surface area contributed by atoms with Crippen LogP contribution in [-0.2, 0) is 6.42 Å². The van der Waals surface area contributed by atoms with E-state index < -0.39 is 0 Å². The molecule has 1 aromatic heterocycles. The third-order valence-electron chi connectivity index (χ3n) is 4.69. The molecule has 148 valence electrons. The van der Waals surface area contributed by atoms with E-state index in [0.717, 1.165) is 50.5 Å². The summed E-state index contributed by atoms with van der Waals surface area (Å²) in [5, 5.41) is 0. The number of unbranched alkanes of at least 4 members (excludes halogenated alkanes) is 6. The van der Waals surface area contributed by atoms with Crippen LogP contribution in [0.3, 0.4) is 0 Å². The Morgan fingerprint density at radius 2 is 1.44 bits per heavy atom. The Labute approximate surface area is 165 Å². The van der Waals surface area contributed by atoms with Crippen LogP contribution in [-0.4, -0.2) is 18.2 Å². The summed E-state index contributed by atoms with van der Waals surface area (Å²) in [5.74, 6) is 1.71. The number of aryl methyl sites for hydroxylation is 2. The van der Waals surface area contributed by atoms with Gasteiger partial charge in [0.2, 0.25) is 5.88 Å².